The number of aromatic amines is 1. The summed E-state index contributed by atoms with van der Waals surface area (Å²) in [4.78, 5) is 0. The molecule has 1 aromatic rings. The molecule has 36 heavy (non-hydrogen) atoms. The normalized spacial score (nSPS) is 43.5. The number of H-pyrrole nitrogens is 1. The van der Waals surface area contributed by atoms with E-state index in [-0.39, 0.29) is 17.6 Å². The number of hydrogen-bond donors (Lipinski definition) is 3. The van der Waals surface area contributed by atoms with Crippen molar-refractivity contribution in [1.82, 2.24) is 10.2 Å². The van der Waals surface area contributed by atoms with Crippen molar-refractivity contribution in [1.29, 1.82) is 0 Å². The molecule has 0 aromatic carbocycles. The predicted molar refractivity (Wildman–Crippen MR) is 143 cm³/mol. The average molecular weight is 501 g/mol. The van der Waals surface area contributed by atoms with Gasteiger partial charge in [0.05, 0.1) is 30.1 Å². The molecule has 0 spiro atoms. The van der Waals surface area contributed by atoms with Crippen molar-refractivity contribution in [2.24, 2.45) is 46.3 Å². The van der Waals surface area contributed by atoms with Gasteiger partial charge in [0, 0.05) is 6.20 Å². The van der Waals surface area contributed by atoms with E-state index in [9.17, 15) is 10.2 Å². The molecule has 0 bridgehead atoms. The Kier molecular flexibility index (Phi) is 7.41. The summed E-state index contributed by atoms with van der Waals surface area (Å²) in [6.45, 7) is 12.1. The topological polar surface area (TPSA) is 78.4 Å². The van der Waals surface area contributed by atoms with Crippen molar-refractivity contribution < 1.29 is 14.9 Å². The van der Waals surface area contributed by atoms with Crippen molar-refractivity contribution in [3.8, 4) is 0 Å². The number of hydrogen-bond acceptors (Lipinski definition) is 4. The van der Waals surface area contributed by atoms with E-state index in [2.05, 4.69) is 31.0 Å². The van der Waals surface area contributed by atoms with Crippen LogP contribution >= 0.6 is 0 Å². The van der Waals surface area contributed by atoms with Gasteiger partial charge >= 0.3 is 0 Å². The van der Waals surface area contributed by atoms with E-state index in [4.69, 9.17) is 4.74 Å². The number of aromatic nitrogens is 2. The van der Waals surface area contributed by atoms with Gasteiger partial charge in [-0.25, -0.2) is 0 Å². The number of ether oxygens (including phenoxy) is 1. The third kappa shape index (κ3) is 4.82. The number of rotatable bonds is 8. The molecule has 0 saturated heterocycles. The summed E-state index contributed by atoms with van der Waals surface area (Å²) < 4.78 is 6.21. The van der Waals surface area contributed by atoms with E-state index in [0.717, 1.165) is 61.0 Å². The molecule has 4 fully saturated rings. The lowest BCUT2D eigenvalue weighted by atomic mass is 9.44. The van der Waals surface area contributed by atoms with E-state index in [1.54, 1.807) is 6.20 Å². The Morgan fingerprint density at radius 1 is 1.06 bits per heavy atom. The van der Waals surface area contributed by atoms with Crippen molar-refractivity contribution in [2.45, 2.75) is 130 Å². The van der Waals surface area contributed by atoms with Crippen LogP contribution in [0.4, 0.5) is 0 Å². The van der Waals surface area contributed by atoms with Crippen LogP contribution in [0.1, 0.15) is 111 Å². The Labute approximate surface area is 219 Å². The van der Waals surface area contributed by atoms with Crippen LogP contribution in [-0.2, 0) is 11.3 Å². The molecule has 4 aliphatic carbocycles. The minimum absolute atomic E-state index is 0.0580. The molecule has 0 unspecified atom stereocenters. The van der Waals surface area contributed by atoms with Gasteiger partial charge in [0.1, 0.15) is 0 Å². The molecule has 1 heterocycles. The molecule has 1 aromatic heterocycles. The van der Waals surface area contributed by atoms with Gasteiger partial charge in [-0.05, 0) is 124 Å². The zero-order valence-corrected chi connectivity index (χ0v) is 23.5. The van der Waals surface area contributed by atoms with Crippen LogP contribution in [0.2, 0.25) is 0 Å². The molecule has 3 N–H and O–H groups in total. The van der Waals surface area contributed by atoms with Crippen molar-refractivity contribution >= 4 is 0 Å². The summed E-state index contributed by atoms with van der Waals surface area (Å²) in [6, 6.07) is 1.95. The molecule has 0 aliphatic heterocycles. The molecular formula is C31H52N2O3. The quantitative estimate of drug-likeness (QED) is 0.381. The lowest BCUT2D eigenvalue weighted by Crippen LogP contribution is -2.58. The van der Waals surface area contributed by atoms with E-state index in [0.29, 0.717) is 17.9 Å². The van der Waals surface area contributed by atoms with Gasteiger partial charge in [0.25, 0.3) is 0 Å². The summed E-state index contributed by atoms with van der Waals surface area (Å²) in [7, 11) is 0. The fourth-order valence-electron chi connectivity index (χ4n) is 10.1. The van der Waals surface area contributed by atoms with Crippen LogP contribution in [0.3, 0.4) is 0 Å². The Morgan fingerprint density at radius 3 is 2.50 bits per heavy atom. The Balaban J connectivity index is 1.23. The smallest absolute Gasteiger partial charge is 0.0887 e. The molecule has 5 heteroatoms. The Hall–Kier alpha value is -0.910. The van der Waals surface area contributed by atoms with E-state index in [1.807, 2.05) is 19.9 Å². The van der Waals surface area contributed by atoms with Crippen LogP contribution < -0.4 is 0 Å². The number of aliphatic hydroxyl groups excluding tert-OH is 1. The highest BCUT2D eigenvalue weighted by Crippen LogP contribution is 2.68. The molecule has 4 saturated carbocycles. The lowest BCUT2D eigenvalue weighted by molar-refractivity contribution is -0.188. The second-order valence-electron chi connectivity index (χ2n) is 14.4. The first kappa shape index (κ1) is 26.7. The maximum absolute atomic E-state index is 11.5. The largest absolute Gasteiger partial charge is 0.390 e. The van der Waals surface area contributed by atoms with Gasteiger partial charge in [0.15, 0.2) is 0 Å². The first-order valence-corrected chi connectivity index (χ1v) is 15.0. The van der Waals surface area contributed by atoms with Gasteiger partial charge < -0.3 is 14.9 Å². The zero-order valence-electron chi connectivity index (χ0n) is 23.5. The van der Waals surface area contributed by atoms with Crippen LogP contribution in [0.5, 0.6) is 0 Å². The molecule has 0 radical (unpaired) electrons. The summed E-state index contributed by atoms with van der Waals surface area (Å²) in [6.07, 6.45) is 14.7. The third-order valence-electron chi connectivity index (χ3n) is 11.9. The fraction of sp³-hybridized carbons (Fsp3) is 0.903. The minimum Gasteiger partial charge on any atom is -0.390 e. The standard InChI is InChI=1S/C31H52N2O3/c1-20(7-6-15-29(2,3)35)23-10-11-24-22-8-9-26-28(34)27(36-19-21-14-18-32-33-21)13-17-31(26,5)25(22)12-16-30(23,24)4/h14,18,20,22-28,34-35H,6-13,15-17,19H2,1-5H3,(H,32,33)/t20-,22+,23-,24+,25+,26+,27+,28-,30-,31-/m1/s1. The highest BCUT2D eigenvalue weighted by Gasteiger charge is 2.62. The molecule has 204 valence electrons. The summed E-state index contributed by atoms with van der Waals surface area (Å²) in [5, 5.41) is 28.6. The van der Waals surface area contributed by atoms with Gasteiger partial charge in [0.2, 0.25) is 0 Å². The molecule has 4 aliphatic rings. The number of nitrogens with zero attached hydrogens (tertiary/aromatic N) is 1. The van der Waals surface area contributed by atoms with Crippen molar-refractivity contribution in [3.05, 3.63) is 18.0 Å². The summed E-state index contributed by atoms with van der Waals surface area (Å²) in [5.41, 5.74) is 1.16. The van der Waals surface area contributed by atoms with Gasteiger partial charge in [-0.2, -0.15) is 5.10 Å². The molecule has 5 nitrogen and oxygen atoms in total. The summed E-state index contributed by atoms with van der Waals surface area (Å²) >= 11 is 0. The maximum atomic E-state index is 11.5. The highest BCUT2D eigenvalue weighted by atomic mass is 16.5. The second-order valence-corrected chi connectivity index (χ2v) is 14.4. The lowest BCUT2D eigenvalue weighted by Gasteiger charge is -2.62. The van der Waals surface area contributed by atoms with Gasteiger partial charge in [-0.3, -0.25) is 5.10 Å². The summed E-state index contributed by atoms with van der Waals surface area (Å²) in [5.74, 6) is 4.36. The average Bonchev–Trinajstić information content (AvgIpc) is 3.45. The maximum Gasteiger partial charge on any atom is 0.0887 e. The van der Waals surface area contributed by atoms with Gasteiger partial charge in [-0.15, -0.1) is 0 Å². The van der Waals surface area contributed by atoms with Crippen LogP contribution in [0.15, 0.2) is 12.3 Å². The zero-order chi connectivity index (χ0) is 25.7. The predicted octanol–water partition coefficient (Wildman–Crippen LogP) is 6.50. The molecule has 10 atom stereocenters. The molecular weight excluding hydrogens is 448 g/mol. The Morgan fingerprint density at radius 2 is 1.78 bits per heavy atom. The van der Waals surface area contributed by atoms with Gasteiger partial charge in [-0.1, -0.05) is 33.6 Å². The van der Waals surface area contributed by atoms with E-state index in [1.165, 1.54) is 44.9 Å². The fourth-order valence-corrected chi connectivity index (χ4v) is 10.1. The minimum atomic E-state index is -0.540. The number of aliphatic hydroxyl groups is 2. The SMILES string of the molecule is C[C@H](CCCC(C)(C)O)[C@H]1CC[C@H]2[C@@H]3CC[C@H]4[C@@H](O)[C@@H](OCc5ccn[nH]5)CC[C@]4(C)[C@H]3CC[C@]12C. The first-order chi connectivity index (χ1) is 17.0. The molecule has 5 rings (SSSR count). The van der Waals surface area contributed by atoms with Crippen LogP contribution in [0, 0.1) is 46.3 Å². The monoisotopic (exact) mass is 500 g/mol. The Bertz CT molecular complexity index is 866. The first-order valence-electron chi connectivity index (χ1n) is 15.0. The number of fused-ring (bicyclic) bond motifs is 5. The van der Waals surface area contributed by atoms with Crippen LogP contribution in [0.25, 0.3) is 0 Å². The van der Waals surface area contributed by atoms with Crippen LogP contribution in [-0.4, -0.2) is 38.2 Å². The van der Waals surface area contributed by atoms with E-state index >= 15 is 0 Å². The second kappa shape index (κ2) is 10.0. The van der Waals surface area contributed by atoms with E-state index < -0.39 is 5.60 Å². The number of nitrogens with one attached hydrogen (secondary N) is 1. The van der Waals surface area contributed by atoms with Crippen molar-refractivity contribution in [2.75, 3.05) is 0 Å². The third-order valence-corrected chi connectivity index (χ3v) is 11.9. The highest BCUT2D eigenvalue weighted by molar-refractivity contribution is 5.11. The van der Waals surface area contributed by atoms with Crippen molar-refractivity contribution in [3.63, 3.8) is 0 Å². The molecule has 0 amide bonds.